The molecule has 0 aliphatic carbocycles. The van der Waals surface area contributed by atoms with Gasteiger partial charge in [0.2, 0.25) is 0 Å². The lowest BCUT2D eigenvalue weighted by atomic mass is 10.2. The molecule has 0 aliphatic rings. The van der Waals surface area contributed by atoms with Crippen molar-refractivity contribution in [3.8, 4) is 11.8 Å². The molecule has 0 saturated carbocycles. The number of rotatable bonds is 1. The maximum atomic E-state index is 8.68. The van der Waals surface area contributed by atoms with Gasteiger partial charge in [-0.1, -0.05) is 0 Å². The van der Waals surface area contributed by atoms with Crippen LogP contribution in [0.25, 0.3) is 0 Å². The zero-order chi connectivity index (χ0) is 9.14. The molecule has 0 unspecified atom stereocenters. The van der Waals surface area contributed by atoms with E-state index in [0.717, 1.165) is 4.47 Å². The Labute approximate surface area is 87.4 Å². The summed E-state index contributed by atoms with van der Waals surface area (Å²) in [6.45, 7) is 0. The van der Waals surface area contributed by atoms with Crippen LogP contribution in [0.5, 0.6) is 5.75 Å². The van der Waals surface area contributed by atoms with E-state index in [1.165, 1.54) is 0 Å². The molecular weight excluding hydrogens is 286 g/mol. The highest BCUT2D eigenvalue weighted by Gasteiger charge is 2.08. The van der Waals surface area contributed by atoms with E-state index in [-0.39, 0.29) is 0 Å². The van der Waals surface area contributed by atoms with Crippen molar-refractivity contribution in [1.29, 1.82) is 5.26 Å². The predicted molar refractivity (Wildman–Crippen MR) is 53.1 cm³/mol. The summed E-state index contributed by atoms with van der Waals surface area (Å²) in [6.07, 6.45) is 0. The maximum absolute atomic E-state index is 8.68. The molecule has 0 radical (unpaired) electrons. The Bertz CT molecular complexity index is 344. The molecule has 0 N–H and O–H groups in total. The van der Waals surface area contributed by atoms with Gasteiger partial charge in [-0.05, 0) is 44.0 Å². The molecular formula is C8H5Br2NO. The van der Waals surface area contributed by atoms with E-state index in [2.05, 4.69) is 31.9 Å². The van der Waals surface area contributed by atoms with Gasteiger partial charge < -0.3 is 4.74 Å². The highest BCUT2D eigenvalue weighted by Crippen LogP contribution is 2.35. The van der Waals surface area contributed by atoms with E-state index >= 15 is 0 Å². The summed E-state index contributed by atoms with van der Waals surface area (Å²) in [4.78, 5) is 0. The van der Waals surface area contributed by atoms with Crippen molar-refractivity contribution in [2.45, 2.75) is 0 Å². The number of ether oxygens (including phenoxy) is 1. The molecule has 0 saturated heterocycles. The molecule has 0 fully saturated rings. The third-order valence-electron chi connectivity index (χ3n) is 1.37. The Balaban J connectivity index is 3.36. The quantitative estimate of drug-likeness (QED) is 0.796. The van der Waals surface area contributed by atoms with Crippen LogP contribution in [-0.4, -0.2) is 7.11 Å². The lowest BCUT2D eigenvalue weighted by Crippen LogP contribution is -1.88. The first kappa shape index (κ1) is 9.56. The van der Waals surface area contributed by atoms with Gasteiger partial charge >= 0.3 is 0 Å². The van der Waals surface area contributed by atoms with Crippen molar-refractivity contribution in [2.24, 2.45) is 0 Å². The van der Waals surface area contributed by atoms with Gasteiger partial charge in [0, 0.05) is 0 Å². The van der Waals surface area contributed by atoms with Gasteiger partial charge in [-0.15, -0.1) is 0 Å². The van der Waals surface area contributed by atoms with Crippen LogP contribution in [0.2, 0.25) is 0 Å². The second-order valence-corrected chi connectivity index (χ2v) is 3.70. The standard InChI is InChI=1S/C8H5Br2NO/c1-12-8-6(9)3-2-5(4-11)7(8)10/h2-3H,1H3. The number of benzene rings is 1. The first-order valence-electron chi connectivity index (χ1n) is 3.12. The van der Waals surface area contributed by atoms with Crippen molar-refractivity contribution >= 4 is 31.9 Å². The van der Waals surface area contributed by atoms with Gasteiger partial charge in [0.1, 0.15) is 11.8 Å². The molecule has 2 nitrogen and oxygen atoms in total. The molecule has 0 aliphatic heterocycles. The third kappa shape index (κ3) is 1.62. The van der Waals surface area contributed by atoms with E-state index in [1.807, 2.05) is 6.07 Å². The smallest absolute Gasteiger partial charge is 0.148 e. The summed E-state index contributed by atoms with van der Waals surface area (Å²) in [5, 5.41) is 8.68. The first-order valence-corrected chi connectivity index (χ1v) is 4.71. The second-order valence-electron chi connectivity index (χ2n) is 2.05. The van der Waals surface area contributed by atoms with Crippen LogP contribution < -0.4 is 4.74 Å². The van der Waals surface area contributed by atoms with Crippen LogP contribution in [0.1, 0.15) is 5.56 Å². The molecule has 12 heavy (non-hydrogen) atoms. The van der Waals surface area contributed by atoms with Gasteiger partial charge in [-0.2, -0.15) is 5.26 Å². The van der Waals surface area contributed by atoms with Gasteiger partial charge in [-0.25, -0.2) is 0 Å². The maximum Gasteiger partial charge on any atom is 0.148 e. The molecule has 4 heteroatoms. The largest absolute Gasteiger partial charge is 0.494 e. The molecule has 0 spiro atoms. The minimum atomic E-state index is 0.565. The average molecular weight is 291 g/mol. The summed E-state index contributed by atoms with van der Waals surface area (Å²) in [7, 11) is 1.56. The van der Waals surface area contributed by atoms with Crippen LogP contribution in [0.3, 0.4) is 0 Å². The number of halogens is 2. The molecule has 0 amide bonds. The van der Waals surface area contributed by atoms with E-state index in [1.54, 1.807) is 19.2 Å². The van der Waals surface area contributed by atoms with Crippen molar-refractivity contribution < 1.29 is 4.74 Å². The fraction of sp³-hybridized carbons (Fsp3) is 0.125. The van der Waals surface area contributed by atoms with Crippen molar-refractivity contribution in [1.82, 2.24) is 0 Å². The topological polar surface area (TPSA) is 33.0 Å². The Morgan fingerprint density at radius 2 is 2.08 bits per heavy atom. The molecule has 1 aromatic carbocycles. The summed E-state index contributed by atoms with van der Waals surface area (Å²) in [5.41, 5.74) is 0.565. The van der Waals surface area contributed by atoms with Crippen LogP contribution in [0, 0.1) is 11.3 Å². The van der Waals surface area contributed by atoms with Gasteiger partial charge in [0.25, 0.3) is 0 Å². The summed E-state index contributed by atoms with van der Waals surface area (Å²) in [6, 6.07) is 5.55. The second kappa shape index (κ2) is 3.92. The number of methoxy groups -OCH3 is 1. The van der Waals surface area contributed by atoms with Crippen molar-refractivity contribution in [2.75, 3.05) is 7.11 Å². The van der Waals surface area contributed by atoms with Gasteiger partial charge in [0.05, 0.1) is 21.6 Å². The zero-order valence-corrected chi connectivity index (χ0v) is 9.44. The Kier molecular flexibility index (Phi) is 3.12. The van der Waals surface area contributed by atoms with E-state index in [0.29, 0.717) is 15.8 Å². The molecule has 1 rings (SSSR count). The van der Waals surface area contributed by atoms with Crippen LogP contribution >= 0.6 is 31.9 Å². The van der Waals surface area contributed by atoms with Crippen LogP contribution in [0.15, 0.2) is 21.1 Å². The lowest BCUT2D eigenvalue weighted by molar-refractivity contribution is 0.409. The summed E-state index contributed by atoms with van der Waals surface area (Å²) in [5.74, 6) is 0.647. The van der Waals surface area contributed by atoms with Gasteiger partial charge in [0.15, 0.2) is 0 Å². The minimum absolute atomic E-state index is 0.565. The lowest BCUT2D eigenvalue weighted by Gasteiger charge is -2.05. The van der Waals surface area contributed by atoms with Crippen LogP contribution in [-0.2, 0) is 0 Å². The van der Waals surface area contributed by atoms with Crippen molar-refractivity contribution in [3.05, 3.63) is 26.6 Å². The number of hydrogen-bond donors (Lipinski definition) is 0. The Hall–Kier alpha value is -0.530. The Morgan fingerprint density at radius 3 is 2.58 bits per heavy atom. The minimum Gasteiger partial charge on any atom is -0.494 e. The normalized spacial score (nSPS) is 9.17. The van der Waals surface area contributed by atoms with E-state index in [9.17, 15) is 0 Å². The molecule has 62 valence electrons. The average Bonchev–Trinajstić information content (AvgIpc) is 2.06. The third-order valence-corrected chi connectivity index (χ3v) is 2.79. The fourth-order valence-corrected chi connectivity index (χ4v) is 2.16. The van der Waals surface area contributed by atoms with E-state index < -0.39 is 0 Å². The zero-order valence-electron chi connectivity index (χ0n) is 6.27. The Morgan fingerprint density at radius 1 is 1.42 bits per heavy atom. The number of nitriles is 1. The molecule has 1 aromatic rings. The highest BCUT2D eigenvalue weighted by molar-refractivity contribution is 9.11. The van der Waals surface area contributed by atoms with E-state index in [4.69, 9.17) is 10.00 Å². The number of hydrogen-bond acceptors (Lipinski definition) is 2. The SMILES string of the molecule is COc1c(Br)ccc(C#N)c1Br. The van der Waals surface area contributed by atoms with Crippen LogP contribution in [0.4, 0.5) is 0 Å². The molecule has 0 bridgehead atoms. The van der Waals surface area contributed by atoms with Crippen molar-refractivity contribution in [3.63, 3.8) is 0 Å². The number of nitrogens with zero attached hydrogens (tertiary/aromatic N) is 1. The van der Waals surface area contributed by atoms with Gasteiger partial charge in [-0.3, -0.25) is 0 Å². The molecule has 0 heterocycles. The fourth-order valence-electron chi connectivity index (χ4n) is 0.806. The molecule has 0 atom stereocenters. The predicted octanol–water partition coefficient (Wildman–Crippen LogP) is 3.09. The molecule has 0 aromatic heterocycles. The monoisotopic (exact) mass is 289 g/mol. The highest BCUT2D eigenvalue weighted by atomic mass is 79.9. The summed E-state index contributed by atoms with van der Waals surface area (Å²) >= 11 is 6.58. The summed E-state index contributed by atoms with van der Waals surface area (Å²) < 4.78 is 6.59. The first-order chi connectivity index (χ1) is 5.70.